The number of amides is 1. The molecule has 5 rings (SSSR count). The van der Waals surface area contributed by atoms with Crippen LogP contribution >= 0.6 is 0 Å². The standard InChI is InChI=1S/C25H23N5O2.3H2/c1-16-6-7-19-21(14-16)28-23(20-4-2-3-5-22(20)31)29-24(19)30-13-10-18(15-30)27-25(32)17-8-11-26-12-9-17;;;/h2-9,11-12,14,18,31H,10,13,15H2,1H3,(H,27,32);3*1H/t18-;;;/m1.../s1. The summed E-state index contributed by atoms with van der Waals surface area (Å²) >= 11 is 0. The Bertz CT molecular complexity index is 1310. The molecule has 1 aliphatic rings. The van der Waals surface area contributed by atoms with Gasteiger partial charge in [0.1, 0.15) is 11.6 Å². The molecule has 32 heavy (non-hydrogen) atoms. The first-order valence-electron chi connectivity index (χ1n) is 10.6. The van der Waals surface area contributed by atoms with Gasteiger partial charge in [0.05, 0.1) is 11.1 Å². The number of benzene rings is 2. The summed E-state index contributed by atoms with van der Waals surface area (Å²) in [7, 11) is 0. The zero-order chi connectivity index (χ0) is 22.1. The van der Waals surface area contributed by atoms with E-state index in [0.29, 0.717) is 23.5 Å². The molecular formula is C25H29N5O2. The van der Waals surface area contributed by atoms with E-state index in [1.807, 2.05) is 37.3 Å². The van der Waals surface area contributed by atoms with E-state index in [2.05, 4.69) is 15.2 Å². The summed E-state index contributed by atoms with van der Waals surface area (Å²) in [6.07, 6.45) is 4.05. The first-order valence-corrected chi connectivity index (χ1v) is 10.6. The van der Waals surface area contributed by atoms with Gasteiger partial charge >= 0.3 is 0 Å². The van der Waals surface area contributed by atoms with Crippen LogP contribution in [0.15, 0.2) is 67.0 Å². The number of carbonyl (C=O) groups is 1. The average molecular weight is 432 g/mol. The molecule has 4 aromatic rings. The van der Waals surface area contributed by atoms with E-state index in [0.717, 1.165) is 35.2 Å². The Morgan fingerprint density at radius 3 is 2.75 bits per heavy atom. The van der Waals surface area contributed by atoms with Crippen LogP contribution < -0.4 is 10.2 Å². The van der Waals surface area contributed by atoms with E-state index >= 15 is 0 Å². The molecule has 0 unspecified atom stereocenters. The highest BCUT2D eigenvalue weighted by Crippen LogP contribution is 2.33. The second-order valence-corrected chi connectivity index (χ2v) is 8.05. The second kappa shape index (κ2) is 8.26. The van der Waals surface area contributed by atoms with Crippen molar-refractivity contribution in [2.75, 3.05) is 18.0 Å². The molecule has 3 heterocycles. The fraction of sp³-hybridized carbons (Fsp3) is 0.200. The average Bonchev–Trinajstić information content (AvgIpc) is 3.27. The van der Waals surface area contributed by atoms with Gasteiger partial charge in [0.15, 0.2) is 5.82 Å². The molecule has 2 aromatic heterocycles. The fourth-order valence-corrected chi connectivity index (χ4v) is 4.09. The molecule has 2 aromatic carbocycles. The summed E-state index contributed by atoms with van der Waals surface area (Å²) in [6, 6.07) is 16.6. The Balaban J connectivity index is 0.00000144. The van der Waals surface area contributed by atoms with Crippen molar-refractivity contribution in [2.45, 2.75) is 19.4 Å². The Morgan fingerprint density at radius 2 is 1.94 bits per heavy atom. The number of phenols is 1. The van der Waals surface area contributed by atoms with E-state index in [1.165, 1.54) is 0 Å². The number of para-hydroxylation sites is 1. The molecule has 7 nitrogen and oxygen atoms in total. The smallest absolute Gasteiger partial charge is 0.251 e. The van der Waals surface area contributed by atoms with Crippen LogP contribution in [0, 0.1) is 6.92 Å². The minimum absolute atomic E-state index is 0. The highest BCUT2D eigenvalue weighted by atomic mass is 16.3. The molecule has 2 N–H and O–H groups in total. The van der Waals surface area contributed by atoms with E-state index in [9.17, 15) is 9.90 Å². The Kier molecular flexibility index (Phi) is 5.15. The lowest BCUT2D eigenvalue weighted by Crippen LogP contribution is -2.37. The summed E-state index contributed by atoms with van der Waals surface area (Å²) in [5.74, 6) is 1.35. The number of anilines is 1. The van der Waals surface area contributed by atoms with Crippen molar-refractivity contribution in [1.29, 1.82) is 0 Å². The van der Waals surface area contributed by atoms with Crippen LogP contribution in [-0.2, 0) is 0 Å². The largest absolute Gasteiger partial charge is 0.507 e. The lowest BCUT2D eigenvalue weighted by molar-refractivity contribution is 0.0940. The van der Waals surface area contributed by atoms with Gasteiger partial charge in [0, 0.05) is 46.8 Å². The number of hydrogen-bond acceptors (Lipinski definition) is 6. The minimum atomic E-state index is -0.0997. The maximum absolute atomic E-state index is 12.6. The number of fused-ring (bicyclic) bond motifs is 1. The molecule has 0 radical (unpaired) electrons. The van der Waals surface area contributed by atoms with E-state index in [1.54, 1.807) is 36.7 Å². The van der Waals surface area contributed by atoms with Crippen molar-refractivity contribution in [2.24, 2.45) is 0 Å². The van der Waals surface area contributed by atoms with Crippen molar-refractivity contribution in [3.05, 3.63) is 78.1 Å². The van der Waals surface area contributed by atoms with Crippen LogP contribution in [-0.4, -0.2) is 45.1 Å². The minimum Gasteiger partial charge on any atom is -0.507 e. The van der Waals surface area contributed by atoms with Gasteiger partial charge in [-0.15, -0.1) is 0 Å². The summed E-state index contributed by atoms with van der Waals surface area (Å²) in [4.78, 5) is 28.3. The summed E-state index contributed by atoms with van der Waals surface area (Å²) < 4.78 is 0. The topological polar surface area (TPSA) is 91.2 Å². The van der Waals surface area contributed by atoms with Crippen molar-refractivity contribution in [3.63, 3.8) is 0 Å². The fourth-order valence-electron chi connectivity index (χ4n) is 4.09. The van der Waals surface area contributed by atoms with Gasteiger partial charge in [-0.05, 0) is 55.3 Å². The van der Waals surface area contributed by atoms with Gasteiger partial charge in [-0.3, -0.25) is 9.78 Å². The maximum atomic E-state index is 12.6. The van der Waals surface area contributed by atoms with Crippen LogP contribution in [0.3, 0.4) is 0 Å². The predicted octanol–water partition coefficient (Wildman–Crippen LogP) is 4.45. The Labute approximate surface area is 190 Å². The van der Waals surface area contributed by atoms with Crippen LogP contribution in [0.5, 0.6) is 5.75 Å². The van der Waals surface area contributed by atoms with E-state index in [4.69, 9.17) is 9.97 Å². The number of hydrogen-bond donors (Lipinski definition) is 2. The second-order valence-electron chi connectivity index (χ2n) is 8.05. The quantitative estimate of drug-likeness (QED) is 0.496. The van der Waals surface area contributed by atoms with Gasteiger partial charge in [-0.25, -0.2) is 9.97 Å². The molecule has 1 saturated heterocycles. The third-order valence-electron chi connectivity index (χ3n) is 5.74. The molecule has 7 heteroatoms. The molecular weight excluding hydrogens is 402 g/mol. The molecule has 166 valence electrons. The molecule has 1 fully saturated rings. The normalized spacial score (nSPS) is 15.8. The van der Waals surface area contributed by atoms with Gasteiger partial charge in [0.2, 0.25) is 0 Å². The third kappa shape index (κ3) is 3.85. The Hall–Kier alpha value is -4.00. The maximum Gasteiger partial charge on any atom is 0.251 e. The number of aromatic hydroxyl groups is 1. The van der Waals surface area contributed by atoms with Crippen molar-refractivity contribution >= 4 is 22.6 Å². The number of carbonyl (C=O) groups excluding carboxylic acids is 1. The lowest BCUT2D eigenvalue weighted by atomic mass is 10.1. The van der Waals surface area contributed by atoms with Gasteiger partial charge < -0.3 is 15.3 Å². The molecule has 1 aliphatic heterocycles. The van der Waals surface area contributed by atoms with Gasteiger partial charge in [-0.2, -0.15) is 0 Å². The molecule has 0 aliphatic carbocycles. The number of nitrogens with zero attached hydrogens (tertiary/aromatic N) is 4. The van der Waals surface area contributed by atoms with Crippen LogP contribution in [0.1, 0.15) is 26.6 Å². The number of phenolic OH excluding ortho intramolecular Hbond substituents is 1. The zero-order valence-electron chi connectivity index (χ0n) is 17.7. The zero-order valence-corrected chi connectivity index (χ0v) is 17.7. The van der Waals surface area contributed by atoms with Crippen LogP contribution in [0.2, 0.25) is 0 Å². The number of nitrogens with one attached hydrogen (secondary N) is 1. The highest BCUT2D eigenvalue weighted by Gasteiger charge is 2.27. The van der Waals surface area contributed by atoms with Crippen molar-refractivity contribution in [1.82, 2.24) is 20.3 Å². The van der Waals surface area contributed by atoms with Crippen molar-refractivity contribution < 1.29 is 14.2 Å². The summed E-state index contributed by atoms with van der Waals surface area (Å²) in [5, 5.41) is 14.4. The van der Waals surface area contributed by atoms with Gasteiger partial charge in [-0.1, -0.05) is 18.2 Å². The van der Waals surface area contributed by atoms with E-state index in [-0.39, 0.29) is 22.0 Å². The van der Waals surface area contributed by atoms with Gasteiger partial charge in [0.25, 0.3) is 5.91 Å². The number of aromatic nitrogens is 3. The van der Waals surface area contributed by atoms with Crippen LogP contribution in [0.4, 0.5) is 5.82 Å². The number of pyridine rings is 1. The van der Waals surface area contributed by atoms with Crippen LogP contribution in [0.25, 0.3) is 22.3 Å². The molecule has 1 amide bonds. The molecule has 0 spiro atoms. The third-order valence-corrected chi connectivity index (χ3v) is 5.74. The first-order chi connectivity index (χ1) is 15.6. The molecule has 0 bridgehead atoms. The lowest BCUT2D eigenvalue weighted by Gasteiger charge is -2.21. The predicted molar refractivity (Wildman–Crippen MR) is 130 cm³/mol. The molecule has 1 atom stereocenters. The highest BCUT2D eigenvalue weighted by molar-refractivity contribution is 5.94. The van der Waals surface area contributed by atoms with E-state index < -0.39 is 0 Å². The summed E-state index contributed by atoms with van der Waals surface area (Å²) in [5.41, 5.74) is 3.13. The Morgan fingerprint density at radius 1 is 1.12 bits per heavy atom. The number of aryl methyl sites for hydroxylation is 1. The first kappa shape index (κ1) is 19.9. The molecule has 0 saturated carbocycles. The monoisotopic (exact) mass is 431 g/mol. The summed E-state index contributed by atoms with van der Waals surface area (Å²) in [6.45, 7) is 3.44. The number of rotatable bonds is 4. The van der Waals surface area contributed by atoms with Crippen molar-refractivity contribution in [3.8, 4) is 17.1 Å². The SMILES string of the molecule is Cc1ccc2c(N3CC[C@@H](NC(=O)c4ccncc4)C3)nc(-c3ccccc3O)nc2c1.[HH].[HH].[HH].